The molecule has 1 fully saturated rings. The highest BCUT2D eigenvalue weighted by atomic mass is 16.6. The second kappa shape index (κ2) is 8.91. The molecule has 0 spiro atoms. The van der Waals surface area contributed by atoms with Crippen molar-refractivity contribution in [1.82, 2.24) is 0 Å². The Bertz CT molecular complexity index is 917. The number of hydrogen-bond acceptors (Lipinski definition) is 3. The van der Waals surface area contributed by atoms with Crippen molar-refractivity contribution in [3.8, 4) is 0 Å². The quantitative estimate of drug-likeness (QED) is 0.263. The second-order valence-electron chi connectivity index (χ2n) is 8.38. The number of cyclic esters (lactones) is 1. The van der Waals surface area contributed by atoms with E-state index in [1.807, 2.05) is 61.5 Å². The molecule has 2 atom stereocenters. The lowest BCUT2D eigenvalue weighted by Gasteiger charge is -2.36. The first-order valence-electron chi connectivity index (χ1n) is 10.7. The smallest absolute Gasteiger partial charge is 0.312 e. The van der Waals surface area contributed by atoms with Crippen molar-refractivity contribution in [3.63, 3.8) is 0 Å². The third-order valence-corrected chi connectivity index (χ3v) is 6.07. The van der Waals surface area contributed by atoms with Gasteiger partial charge in [0.1, 0.15) is 11.7 Å². The molecule has 158 valence electrons. The summed E-state index contributed by atoms with van der Waals surface area (Å²) < 4.78 is 12.5. The molecule has 0 aromatic heterocycles. The fourth-order valence-corrected chi connectivity index (χ4v) is 4.49. The van der Waals surface area contributed by atoms with Gasteiger partial charge in [-0.05, 0) is 30.0 Å². The zero-order valence-electron chi connectivity index (χ0n) is 17.9. The van der Waals surface area contributed by atoms with Crippen LogP contribution in [-0.4, -0.2) is 18.7 Å². The first kappa shape index (κ1) is 21.1. The zero-order chi connectivity index (χ0) is 21.7. The highest BCUT2D eigenvalue weighted by molar-refractivity contribution is 5.78. The standard InChI is InChI=1S/C28H28O3/c1-3-19-27(2)20-25(31-26(27)29)21-30-28(22-13-7-4-8-14-22,23-15-9-5-10-16-23)24-17-11-6-12-18-24/h3-18,25H,1,19-21H2,2H3/t25-,27+/m0/s1. The lowest BCUT2D eigenvalue weighted by atomic mass is 9.80. The molecule has 1 saturated heterocycles. The average molecular weight is 413 g/mol. The van der Waals surface area contributed by atoms with E-state index in [9.17, 15) is 4.79 Å². The summed E-state index contributed by atoms with van der Waals surface area (Å²) in [4.78, 5) is 12.5. The second-order valence-corrected chi connectivity index (χ2v) is 8.38. The summed E-state index contributed by atoms with van der Waals surface area (Å²) in [5.41, 5.74) is 1.75. The molecule has 0 amide bonds. The van der Waals surface area contributed by atoms with Crippen LogP contribution in [0.4, 0.5) is 0 Å². The van der Waals surface area contributed by atoms with Gasteiger partial charge in [-0.15, -0.1) is 6.58 Å². The van der Waals surface area contributed by atoms with Gasteiger partial charge >= 0.3 is 5.97 Å². The van der Waals surface area contributed by atoms with Crippen molar-refractivity contribution < 1.29 is 14.3 Å². The molecular formula is C28H28O3. The van der Waals surface area contributed by atoms with Crippen LogP contribution < -0.4 is 0 Å². The number of ether oxygens (including phenoxy) is 2. The van der Waals surface area contributed by atoms with Gasteiger partial charge in [0, 0.05) is 6.42 Å². The fourth-order valence-electron chi connectivity index (χ4n) is 4.49. The van der Waals surface area contributed by atoms with Crippen molar-refractivity contribution in [2.24, 2.45) is 5.41 Å². The van der Waals surface area contributed by atoms with E-state index in [1.54, 1.807) is 6.08 Å². The van der Waals surface area contributed by atoms with Crippen molar-refractivity contribution in [1.29, 1.82) is 0 Å². The largest absolute Gasteiger partial charge is 0.459 e. The first-order valence-corrected chi connectivity index (χ1v) is 10.7. The molecule has 0 bridgehead atoms. The Labute approximate surface area is 184 Å². The molecule has 1 heterocycles. The van der Waals surface area contributed by atoms with Gasteiger partial charge in [0.15, 0.2) is 0 Å². The fraction of sp³-hybridized carbons (Fsp3) is 0.250. The third-order valence-electron chi connectivity index (χ3n) is 6.07. The molecule has 1 aliphatic heterocycles. The van der Waals surface area contributed by atoms with E-state index < -0.39 is 11.0 Å². The maximum absolute atomic E-state index is 12.5. The van der Waals surface area contributed by atoms with E-state index in [0.717, 1.165) is 16.7 Å². The van der Waals surface area contributed by atoms with Crippen LogP contribution in [0.25, 0.3) is 0 Å². The summed E-state index contributed by atoms with van der Waals surface area (Å²) in [6.07, 6.45) is 2.70. The molecular weight excluding hydrogens is 384 g/mol. The minimum Gasteiger partial charge on any atom is -0.459 e. The van der Waals surface area contributed by atoms with Crippen LogP contribution in [-0.2, 0) is 19.9 Å². The molecule has 3 nitrogen and oxygen atoms in total. The molecule has 0 aliphatic carbocycles. The molecule has 3 aromatic carbocycles. The SMILES string of the molecule is C=CC[C@]1(C)C[C@@H](COC(c2ccccc2)(c2ccccc2)c2ccccc2)OC1=O. The molecule has 0 saturated carbocycles. The van der Waals surface area contributed by atoms with E-state index in [0.29, 0.717) is 19.4 Å². The van der Waals surface area contributed by atoms with Crippen LogP contribution in [0.3, 0.4) is 0 Å². The highest BCUT2D eigenvalue weighted by Crippen LogP contribution is 2.42. The molecule has 31 heavy (non-hydrogen) atoms. The number of carbonyl (C=O) groups is 1. The van der Waals surface area contributed by atoms with Crippen LogP contribution in [0, 0.1) is 5.41 Å². The summed E-state index contributed by atoms with van der Waals surface area (Å²) in [6.45, 7) is 6.04. The first-order chi connectivity index (χ1) is 15.1. The number of rotatable bonds is 8. The lowest BCUT2D eigenvalue weighted by molar-refractivity contribution is -0.151. The predicted molar refractivity (Wildman–Crippen MR) is 123 cm³/mol. The summed E-state index contributed by atoms with van der Waals surface area (Å²) in [6, 6.07) is 30.7. The van der Waals surface area contributed by atoms with Gasteiger partial charge in [0.25, 0.3) is 0 Å². The number of esters is 1. The number of carbonyl (C=O) groups excluding carboxylic acids is 1. The van der Waals surface area contributed by atoms with Gasteiger partial charge in [0.05, 0.1) is 12.0 Å². The van der Waals surface area contributed by atoms with E-state index in [1.165, 1.54) is 0 Å². The van der Waals surface area contributed by atoms with Crippen LogP contribution in [0.5, 0.6) is 0 Å². The zero-order valence-corrected chi connectivity index (χ0v) is 17.9. The van der Waals surface area contributed by atoms with Crippen LogP contribution in [0.1, 0.15) is 36.5 Å². The average Bonchev–Trinajstić information content (AvgIpc) is 3.10. The Hall–Kier alpha value is -3.17. The van der Waals surface area contributed by atoms with Crippen LogP contribution in [0.15, 0.2) is 104 Å². The van der Waals surface area contributed by atoms with Crippen molar-refractivity contribution >= 4 is 5.97 Å². The summed E-state index contributed by atoms with van der Waals surface area (Å²) in [7, 11) is 0. The van der Waals surface area contributed by atoms with E-state index in [4.69, 9.17) is 9.47 Å². The lowest BCUT2D eigenvalue weighted by Crippen LogP contribution is -2.35. The Morgan fingerprint density at radius 1 is 0.935 bits per heavy atom. The van der Waals surface area contributed by atoms with Gasteiger partial charge < -0.3 is 9.47 Å². The van der Waals surface area contributed by atoms with Gasteiger partial charge in [-0.2, -0.15) is 0 Å². The van der Waals surface area contributed by atoms with E-state index in [-0.39, 0.29) is 12.1 Å². The Morgan fingerprint density at radius 2 is 1.39 bits per heavy atom. The molecule has 3 heteroatoms. The third kappa shape index (κ3) is 4.06. The Balaban J connectivity index is 1.75. The predicted octanol–water partition coefficient (Wildman–Crippen LogP) is 5.89. The summed E-state index contributed by atoms with van der Waals surface area (Å²) >= 11 is 0. The number of allylic oxidation sites excluding steroid dienone is 1. The van der Waals surface area contributed by atoms with Crippen molar-refractivity contribution in [2.45, 2.75) is 31.5 Å². The molecule has 3 aromatic rings. The topological polar surface area (TPSA) is 35.5 Å². The van der Waals surface area contributed by atoms with Crippen molar-refractivity contribution in [3.05, 3.63) is 120 Å². The minimum absolute atomic E-state index is 0.175. The van der Waals surface area contributed by atoms with E-state index in [2.05, 4.69) is 43.0 Å². The minimum atomic E-state index is -0.812. The number of benzene rings is 3. The highest BCUT2D eigenvalue weighted by Gasteiger charge is 2.46. The van der Waals surface area contributed by atoms with Crippen LogP contribution >= 0.6 is 0 Å². The molecule has 0 radical (unpaired) electrons. The van der Waals surface area contributed by atoms with E-state index >= 15 is 0 Å². The summed E-state index contributed by atoms with van der Waals surface area (Å²) in [5, 5.41) is 0. The normalized spacial score (nSPS) is 20.9. The summed E-state index contributed by atoms with van der Waals surface area (Å²) in [5.74, 6) is -0.175. The molecule has 0 N–H and O–H groups in total. The monoisotopic (exact) mass is 412 g/mol. The molecule has 4 rings (SSSR count). The Kier molecular flexibility index (Phi) is 6.06. The van der Waals surface area contributed by atoms with Gasteiger partial charge in [0.2, 0.25) is 0 Å². The van der Waals surface area contributed by atoms with Gasteiger partial charge in [-0.25, -0.2) is 0 Å². The molecule has 1 aliphatic rings. The number of hydrogen-bond donors (Lipinski definition) is 0. The maximum Gasteiger partial charge on any atom is 0.312 e. The van der Waals surface area contributed by atoms with Crippen molar-refractivity contribution in [2.75, 3.05) is 6.61 Å². The maximum atomic E-state index is 12.5. The van der Waals surface area contributed by atoms with Gasteiger partial charge in [-0.1, -0.05) is 97.1 Å². The van der Waals surface area contributed by atoms with Gasteiger partial charge in [-0.3, -0.25) is 4.79 Å². The molecule has 0 unspecified atom stereocenters. The van der Waals surface area contributed by atoms with Crippen LogP contribution in [0.2, 0.25) is 0 Å². The Morgan fingerprint density at radius 3 is 1.81 bits per heavy atom.